The highest BCUT2D eigenvalue weighted by molar-refractivity contribution is 5.93. The molecule has 0 aliphatic rings. The Morgan fingerprint density at radius 2 is 2.05 bits per heavy atom. The first kappa shape index (κ1) is 15.5. The number of nitrogens with one attached hydrogen (secondary N) is 1. The second-order valence-electron chi connectivity index (χ2n) is 4.36. The maximum atomic E-state index is 11.9. The Morgan fingerprint density at radius 1 is 1.35 bits per heavy atom. The maximum absolute atomic E-state index is 11.9. The number of nitriles is 1. The minimum atomic E-state index is -0.593. The van der Waals surface area contributed by atoms with Gasteiger partial charge in [-0.15, -0.1) is 0 Å². The molecule has 1 amide bonds. The summed E-state index contributed by atoms with van der Waals surface area (Å²) in [5.74, 6) is -1.03. The number of hydrogen-bond donors (Lipinski definition) is 2. The Kier molecular flexibility index (Phi) is 5.54. The van der Waals surface area contributed by atoms with Crippen molar-refractivity contribution in [2.45, 2.75) is 20.3 Å². The van der Waals surface area contributed by atoms with Crippen molar-refractivity contribution in [3.63, 3.8) is 0 Å². The first-order chi connectivity index (χ1) is 9.45. The SMILES string of the molecule is Cc1cc(C)c(C(=O)OCC(=O)NCCC#N)cc1N. The molecule has 6 heteroatoms. The second kappa shape index (κ2) is 7.14. The molecule has 0 saturated heterocycles. The summed E-state index contributed by atoms with van der Waals surface area (Å²) in [6, 6.07) is 5.23. The van der Waals surface area contributed by atoms with E-state index in [1.165, 1.54) is 0 Å². The third kappa shape index (κ3) is 4.28. The molecule has 106 valence electrons. The quantitative estimate of drug-likeness (QED) is 0.475. The monoisotopic (exact) mass is 275 g/mol. The highest BCUT2D eigenvalue weighted by Gasteiger charge is 2.14. The van der Waals surface area contributed by atoms with Crippen LogP contribution in [0.1, 0.15) is 27.9 Å². The van der Waals surface area contributed by atoms with Crippen molar-refractivity contribution < 1.29 is 14.3 Å². The van der Waals surface area contributed by atoms with E-state index < -0.39 is 11.9 Å². The number of ether oxygens (including phenoxy) is 1. The van der Waals surface area contributed by atoms with Crippen LogP contribution >= 0.6 is 0 Å². The minimum absolute atomic E-state index is 0.216. The van der Waals surface area contributed by atoms with Crippen LogP contribution in [0.4, 0.5) is 5.69 Å². The van der Waals surface area contributed by atoms with E-state index in [4.69, 9.17) is 15.7 Å². The summed E-state index contributed by atoms with van der Waals surface area (Å²) in [7, 11) is 0. The standard InChI is InChI=1S/C14H17N3O3/c1-9-6-10(2)12(16)7-11(9)14(19)20-8-13(18)17-5-3-4-15/h6-7H,3,5,8,16H2,1-2H3,(H,17,18). The van der Waals surface area contributed by atoms with E-state index in [0.29, 0.717) is 11.3 Å². The van der Waals surface area contributed by atoms with E-state index in [0.717, 1.165) is 11.1 Å². The summed E-state index contributed by atoms with van der Waals surface area (Å²) in [5.41, 5.74) is 8.22. The van der Waals surface area contributed by atoms with Crippen LogP contribution in [0.2, 0.25) is 0 Å². The van der Waals surface area contributed by atoms with Crippen LogP contribution in [0.25, 0.3) is 0 Å². The molecule has 3 N–H and O–H groups in total. The zero-order chi connectivity index (χ0) is 15.1. The molecule has 0 radical (unpaired) electrons. The van der Waals surface area contributed by atoms with Gasteiger partial charge < -0.3 is 15.8 Å². The highest BCUT2D eigenvalue weighted by atomic mass is 16.5. The summed E-state index contributed by atoms with van der Waals surface area (Å²) >= 11 is 0. The van der Waals surface area contributed by atoms with E-state index in [-0.39, 0.29) is 19.6 Å². The average molecular weight is 275 g/mol. The second-order valence-corrected chi connectivity index (χ2v) is 4.36. The Hall–Kier alpha value is -2.55. The molecule has 0 saturated carbocycles. The third-order valence-electron chi connectivity index (χ3n) is 2.73. The van der Waals surface area contributed by atoms with Gasteiger partial charge in [-0.05, 0) is 31.0 Å². The van der Waals surface area contributed by atoms with E-state index in [9.17, 15) is 9.59 Å². The Morgan fingerprint density at radius 3 is 2.70 bits per heavy atom. The van der Waals surface area contributed by atoms with E-state index in [1.54, 1.807) is 19.1 Å². The lowest BCUT2D eigenvalue weighted by molar-refractivity contribution is -0.124. The summed E-state index contributed by atoms with van der Waals surface area (Å²) in [5, 5.41) is 10.8. The van der Waals surface area contributed by atoms with E-state index >= 15 is 0 Å². The van der Waals surface area contributed by atoms with Crippen molar-refractivity contribution in [3.8, 4) is 6.07 Å². The van der Waals surface area contributed by atoms with Crippen molar-refractivity contribution in [2.24, 2.45) is 0 Å². The number of esters is 1. The van der Waals surface area contributed by atoms with Crippen molar-refractivity contribution >= 4 is 17.6 Å². The number of amides is 1. The number of carbonyl (C=O) groups excluding carboxylic acids is 2. The molecule has 6 nitrogen and oxygen atoms in total. The Balaban J connectivity index is 2.58. The summed E-state index contributed by atoms with van der Waals surface area (Å²) in [6.45, 7) is 3.48. The largest absolute Gasteiger partial charge is 0.452 e. The van der Waals surface area contributed by atoms with Gasteiger partial charge in [0.15, 0.2) is 6.61 Å². The molecule has 0 heterocycles. The van der Waals surface area contributed by atoms with Gasteiger partial charge in [-0.3, -0.25) is 4.79 Å². The fourth-order valence-corrected chi connectivity index (χ4v) is 1.61. The predicted molar refractivity (Wildman–Crippen MR) is 73.9 cm³/mol. The van der Waals surface area contributed by atoms with E-state index in [2.05, 4.69) is 5.32 Å². The number of nitrogen functional groups attached to an aromatic ring is 1. The number of hydrogen-bond acceptors (Lipinski definition) is 5. The fraction of sp³-hybridized carbons (Fsp3) is 0.357. The van der Waals surface area contributed by atoms with Crippen molar-refractivity contribution in [1.29, 1.82) is 5.26 Å². The number of nitrogens with zero attached hydrogens (tertiary/aromatic N) is 1. The molecule has 0 bridgehead atoms. The number of nitrogens with two attached hydrogens (primary N) is 1. The maximum Gasteiger partial charge on any atom is 0.338 e. The molecule has 1 aromatic carbocycles. The van der Waals surface area contributed by atoms with Gasteiger partial charge in [0.2, 0.25) is 0 Å². The van der Waals surface area contributed by atoms with Crippen molar-refractivity contribution in [3.05, 3.63) is 28.8 Å². The summed E-state index contributed by atoms with van der Waals surface area (Å²) in [4.78, 5) is 23.2. The number of aryl methyl sites for hydroxylation is 2. The van der Waals surface area contributed by atoms with Crippen LogP contribution in [0.3, 0.4) is 0 Å². The van der Waals surface area contributed by atoms with Crippen LogP contribution in [0.15, 0.2) is 12.1 Å². The number of carbonyl (C=O) groups is 2. The van der Waals surface area contributed by atoms with Crippen LogP contribution in [-0.4, -0.2) is 25.0 Å². The molecule has 20 heavy (non-hydrogen) atoms. The van der Waals surface area contributed by atoms with Crippen LogP contribution < -0.4 is 11.1 Å². The molecule has 0 fully saturated rings. The minimum Gasteiger partial charge on any atom is -0.452 e. The average Bonchev–Trinajstić information content (AvgIpc) is 2.40. The molecule has 0 aliphatic carbocycles. The smallest absolute Gasteiger partial charge is 0.338 e. The molecule has 1 aromatic rings. The molecule has 0 aliphatic heterocycles. The van der Waals surface area contributed by atoms with Gasteiger partial charge in [-0.25, -0.2) is 4.79 Å². The van der Waals surface area contributed by atoms with Gasteiger partial charge in [0, 0.05) is 12.2 Å². The van der Waals surface area contributed by atoms with E-state index in [1.807, 2.05) is 13.0 Å². The third-order valence-corrected chi connectivity index (χ3v) is 2.73. The van der Waals surface area contributed by atoms with Gasteiger partial charge in [0.05, 0.1) is 18.1 Å². The van der Waals surface area contributed by atoms with Crippen LogP contribution in [0, 0.1) is 25.2 Å². The van der Waals surface area contributed by atoms with Gasteiger partial charge in [-0.1, -0.05) is 6.07 Å². The van der Waals surface area contributed by atoms with Crippen molar-refractivity contribution in [1.82, 2.24) is 5.32 Å². The molecular formula is C14H17N3O3. The molecule has 0 atom stereocenters. The highest BCUT2D eigenvalue weighted by Crippen LogP contribution is 2.18. The lowest BCUT2D eigenvalue weighted by Crippen LogP contribution is -2.29. The van der Waals surface area contributed by atoms with Crippen LogP contribution in [0.5, 0.6) is 0 Å². The molecule has 0 unspecified atom stereocenters. The molecule has 1 rings (SSSR count). The lowest BCUT2D eigenvalue weighted by atomic mass is 10.0. The molecular weight excluding hydrogens is 258 g/mol. The lowest BCUT2D eigenvalue weighted by Gasteiger charge is -2.09. The topological polar surface area (TPSA) is 105 Å². The Bertz CT molecular complexity index is 562. The summed E-state index contributed by atoms with van der Waals surface area (Å²) in [6.07, 6.45) is 0.216. The van der Waals surface area contributed by atoms with Gasteiger partial charge >= 0.3 is 5.97 Å². The first-order valence-electron chi connectivity index (χ1n) is 6.13. The van der Waals surface area contributed by atoms with Crippen molar-refractivity contribution in [2.75, 3.05) is 18.9 Å². The molecule has 0 spiro atoms. The normalized spacial score (nSPS) is 9.65. The molecule has 0 aromatic heterocycles. The summed E-state index contributed by atoms with van der Waals surface area (Å²) < 4.78 is 4.91. The predicted octanol–water partition coefficient (Wildman–Crippen LogP) is 1.07. The number of anilines is 1. The van der Waals surface area contributed by atoms with Gasteiger partial charge in [0.1, 0.15) is 0 Å². The fourth-order valence-electron chi connectivity index (χ4n) is 1.61. The van der Waals surface area contributed by atoms with Gasteiger partial charge in [0.25, 0.3) is 5.91 Å². The zero-order valence-corrected chi connectivity index (χ0v) is 11.5. The number of rotatable bonds is 5. The zero-order valence-electron chi connectivity index (χ0n) is 11.5. The first-order valence-corrected chi connectivity index (χ1v) is 6.13. The van der Waals surface area contributed by atoms with Gasteiger partial charge in [-0.2, -0.15) is 5.26 Å². The van der Waals surface area contributed by atoms with Crippen LogP contribution in [-0.2, 0) is 9.53 Å². The number of benzene rings is 1. The Labute approximate surface area is 117 Å².